The van der Waals surface area contributed by atoms with Gasteiger partial charge in [0.25, 0.3) is 0 Å². The maximum absolute atomic E-state index is 13.1. The topological polar surface area (TPSA) is 37.4 Å². The Labute approximate surface area is 144 Å². The molecule has 0 amide bonds. The second-order valence-corrected chi connectivity index (χ2v) is 8.35. The number of hydrogen-bond acceptors (Lipinski definition) is 3. The summed E-state index contributed by atoms with van der Waals surface area (Å²) < 4.78 is 27.0. The average molecular weight is 390 g/mol. The van der Waals surface area contributed by atoms with E-state index in [0.717, 1.165) is 20.9 Å². The van der Waals surface area contributed by atoms with E-state index in [9.17, 15) is 8.42 Å². The minimum atomic E-state index is -3.60. The van der Waals surface area contributed by atoms with E-state index < -0.39 is 9.84 Å². The zero-order valence-electron chi connectivity index (χ0n) is 12.8. The lowest BCUT2D eigenvalue weighted by Crippen LogP contribution is -2.10. The third-order valence-electron chi connectivity index (χ3n) is 3.72. The van der Waals surface area contributed by atoms with E-state index in [1.54, 1.807) is 24.3 Å². The van der Waals surface area contributed by atoms with Crippen molar-refractivity contribution in [3.05, 3.63) is 65.1 Å². The number of halogens is 1. The SMILES string of the molecule is CN(C)c1cc(Br)cc(S(=O)(=O)c2cccc3ccccc23)c1. The Kier molecular flexibility index (Phi) is 4.17. The van der Waals surface area contributed by atoms with Gasteiger partial charge in [-0.25, -0.2) is 8.42 Å². The Morgan fingerprint density at radius 2 is 1.61 bits per heavy atom. The molecule has 0 fully saturated rings. The molecule has 0 radical (unpaired) electrons. The summed E-state index contributed by atoms with van der Waals surface area (Å²) in [5.74, 6) is 0. The third kappa shape index (κ3) is 2.99. The van der Waals surface area contributed by atoms with Crippen LogP contribution in [-0.2, 0) is 9.84 Å². The zero-order chi connectivity index (χ0) is 16.6. The van der Waals surface area contributed by atoms with Crippen molar-refractivity contribution in [2.75, 3.05) is 19.0 Å². The van der Waals surface area contributed by atoms with Gasteiger partial charge in [0, 0.05) is 29.6 Å². The molecule has 23 heavy (non-hydrogen) atoms. The Morgan fingerprint density at radius 1 is 0.913 bits per heavy atom. The van der Waals surface area contributed by atoms with Crippen molar-refractivity contribution in [3.8, 4) is 0 Å². The minimum absolute atomic E-state index is 0.284. The second kappa shape index (κ2) is 5.98. The molecule has 0 aliphatic carbocycles. The van der Waals surface area contributed by atoms with Gasteiger partial charge in [0.15, 0.2) is 0 Å². The lowest BCUT2D eigenvalue weighted by atomic mass is 10.1. The molecular formula is C18H16BrNO2S. The smallest absolute Gasteiger partial charge is 0.207 e. The number of nitrogens with zero attached hydrogens (tertiary/aromatic N) is 1. The summed E-state index contributed by atoms with van der Waals surface area (Å²) in [7, 11) is 0.169. The summed E-state index contributed by atoms with van der Waals surface area (Å²) in [6.07, 6.45) is 0. The molecule has 3 rings (SSSR count). The predicted octanol–water partition coefficient (Wildman–Crippen LogP) is 4.50. The molecule has 118 valence electrons. The molecule has 0 bridgehead atoms. The van der Waals surface area contributed by atoms with Crippen molar-refractivity contribution < 1.29 is 8.42 Å². The second-order valence-electron chi connectivity index (χ2n) is 5.52. The average Bonchev–Trinajstić information content (AvgIpc) is 2.53. The van der Waals surface area contributed by atoms with Crippen molar-refractivity contribution in [1.29, 1.82) is 0 Å². The highest BCUT2D eigenvalue weighted by atomic mass is 79.9. The largest absolute Gasteiger partial charge is 0.378 e. The van der Waals surface area contributed by atoms with E-state index in [-0.39, 0.29) is 4.90 Å². The first kappa shape index (κ1) is 16.0. The number of benzene rings is 3. The standard InChI is InChI=1S/C18H16BrNO2S/c1-20(2)15-10-14(19)11-16(12-15)23(21,22)18-9-5-7-13-6-3-4-8-17(13)18/h3-12H,1-2H3. The maximum atomic E-state index is 13.1. The van der Waals surface area contributed by atoms with Crippen LogP contribution in [0.15, 0.2) is 74.9 Å². The van der Waals surface area contributed by atoms with Crippen molar-refractivity contribution in [2.24, 2.45) is 0 Å². The molecule has 0 saturated heterocycles. The molecule has 0 saturated carbocycles. The summed E-state index contributed by atoms with van der Waals surface area (Å²) in [4.78, 5) is 2.50. The molecule has 0 unspecified atom stereocenters. The zero-order valence-corrected chi connectivity index (χ0v) is 15.2. The van der Waals surface area contributed by atoms with Gasteiger partial charge in [0.05, 0.1) is 9.79 Å². The highest BCUT2D eigenvalue weighted by Gasteiger charge is 2.21. The van der Waals surface area contributed by atoms with Crippen molar-refractivity contribution >= 4 is 42.2 Å². The molecule has 3 nitrogen and oxygen atoms in total. The molecule has 0 heterocycles. The van der Waals surface area contributed by atoms with E-state index in [1.165, 1.54) is 0 Å². The van der Waals surface area contributed by atoms with Gasteiger partial charge >= 0.3 is 0 Å². The molecule has 0 aliphatic rings. The third-order valence-corrected chi connectivity index (χ3v) is 5.97. The normalized spacial score (nSPS) is 11.6. The van der Waals surface area contributed by atoms with E-state index in [4.69, 9.17) is 0 Å². The molecule has 0 N–H and O–H groups in total. The quantitative estimate of drug-likeness (QED) is 0.661. The fourth-order valence-corrected chi connectivity index (χ4v) is 4.70. The van der Waals surface area contributed by atoms with Gasteiger partial charge in [0.1, 0.15) is 0 Å². The van der Waals surface area contributed by atoms with Gasteiger partial charge < -0.3 is 4.90 Å². The summed E-state index contributed by atoms with van der Waals surface area (Å²) >= 11 is 3.40. The Morgan fingerprint density at radius 3 is 2.35 bits per heavy atom. The molecule has 3 aromatic rings. The lowest BCUT2D eigenvalue weighted by molar-refractivity contribution is 0.597. The van der Waals surface area contributed by atoms with Crippen LogP contribution >= 0.6 is 15.9 Å². The van der Waals surface area contributed by atoms with Crippen molar-refractivity contribution in [1.82, 2.24) is 0 Å². The van der Waals surface area contributed by atoms with Crippen LogP contribution in [0.4, 0.5) is 5.69 Å². The van der Waals surface area contributed by atoms with E-state index in [2.05, 4.69) is 15.9 Å². The summed E-state index contributed by atoms with van der Waals surface area (Å²) in [5.41, 5.74) is 0.832. The van der Waals surface area contributed by atoms with Gasteiger partial charge in [-0.3, -0.25) is 0 Å². The molecule has 0 atom stereocenters. The highest BCUT2D eigenvalue weighted by Crippen LogP contribution is 2.32. The number of fused-ring (bicyclic) bond motifs is 1. The van der Waals surface area contributed by atoms with Gasteiger partial charge in [-0.2, -0.15) is 0 Å². The maximum Gasteiger partial charge on any atom is 0.207 e. The van der Waals surface area contributed by atoms with Gasteiger partial charge in [-0.1, -0.05) is 52.3 Å². The fourth-order valence-electron chi connectivity index (χ4n) is 2.52. The van der Waals surface area contributed by atoms with Crippen LogP contribution in [0.2, 0.25) is 0 Å². The monoisotopic (exact) mass is 389 g/mol. The first-order valence-electron chi connectivity index (χ1n) is 7.10. The summed E-state index contributed by atoms with van der Waals surface area (Å²) in [6, 6.07) is 18.1. The molecule has 0 aliphatic heterocycles. The first-order valence-corrected chi connectivity index (χ1v) is 9.38. The summed E-state index contributed by atoms with van der Waals surface area (Å²) in [5, 5.41) is 1.65. The minimum Gasteiger partial charge on any atom is -0.378 e. The predicted molar refractivity (Wildman–Crippen MR) is 97.9 cm³/mol. The fraction of sp³-hybridized carbons (Fsp3) is 0.111. The van der Waals surface area contributed by atoms with Crippen LogP contribution in [0.3, 0.4) is 0 Å². The lowest BCUT2D eigenvalue weighted by Gasteiger charge is -2.15. The molecule has 3 aromatic carbocycles. The van der Waals surface area contributed by atoms with E-state index in [0.29, 0.717) is 4.90 Å². The van der Waals surface area contributed by atoms with Crippen LogP contribution in [0.1, 0.15) is 0 Å². The van der Waals surface area contributed by atoms with Crippen molar-refractivity contribution in [3.63, 3.8) is 0 Å². The van der Waals surface area contributed by atoms with Gasteiger partial charge in [0.2, 0.25) is 9.84 Å². The van der Waals surface area contributed by atoms with Crippen LogP contribution in [-0.4, -0.2) is 22.5 Å². The van der Waals surface area contributed by atoms with Crippen LogP contribution in [0.5, 0.6) is 0 Å². The summed E-state index contributed by atoms with van der Waals surface area (Å²) in [6.45, 7) is 0. The number of rotatable bonds is 3. The Hall–Kier alpha value is -1.85. The number of hydrogen-bond donors (Lipinski definition) is 0. The van der Waals surface area contributed by atoms with Crippen LogP contribution in [0, 0.1) is 0 Å². The molecule has 5 heteroatoms. The molecular weight excluding hydrogens is 374 g/mol. The van der Waals surface area contributed by atoms with E-state index in [1.807, 2.05) is 55.4 Å². The Balaban J connectivity index is 2.26. The van der Waals surface area contributed by atoms with Gasteiger partial charge in [-0.15, -0.1) is 0 Å². The molecule has 0 aromatic heterocycles. The van der Waals surface area contributed by atoms with Crippen molar-refractivity contribution in [2.45, 2.75) is 9.79 Å². The van der Waals surface area contributed by atoms with Gasteiger partial charge in [-0.05, 0) is 29.7 Å². The molecule has 0 spiro atoms. The first-order chi connectivity index (χ1) is 10.9. The van der Waals surface area contributed by atoms with E-state index >= 15 is 0 Å². The number of anilines is 1. The highest BCUT2D eigenvalue weighted by molar-refractivity contribution is 9.10. The number of sulfone groups is 1. The van der Waals surface area contributed by atoms with Crippen LogP contribution in [0.25, 0.3) is 10.8 Å². The Bertz CT molecular complexity index is 976. The van der Waals surface area contributed by atoms with Crippen LogP contribution < -0.4 is 4.90 Å².